The first-order chi connectivity index (χ1) is 11.7. The Morgan fingerprint density at radius 1 is 1.25 bits per heavy atom. The van der Waals surface area contributed by atoms with Crippen molar-refractivity contribution in [1.29, 1.82) is 0 Å². The molecule has 1 N–H and O–H groups in total. The molecule has 0 aliphatic carbocycles. The van der Waals surface area contributed by atoms with Gasteiger partial charge < -0.3 is 9.80 Å². The van der Waals surface area contributed by atoms with E-state index in [0.29, 0.717) is 10.8 Å². The number of thiazole rings is 2. The number of anilines is 2. The number of carbonyl (C=O) groups is 1. The fraction of sp³-hybridized carbons (Fsp3) is 0.312. The molecule has 0 saturated carbocycles. The van der Waals surface area contributed by atoms with E-state index >= 15 is 0 Å². The predicted molar refractivity (Wildman–Crippen MR) is 99.4 cm³/mol. The van der Waals surface area contributed by atoms with E-state index in [2.05, 4.69) is 44.3 Å². The van der Waals surface area contributed by atoms with Gasteiger partial charge in [0.25, 0.3) is 5.91 Å². The van der Waals surface area contributed by atoms with Crippen molar-refractivity contribution in [1.82, 2.24) is 14.9 Å². The topological polar surface area (TPSA) is 61.4 Å². The molecule has 8 heteroatoms. The standard InChI is InChI=1S/C16H17N5OS2/c1-20-4-6-21(7-5-20)11-2-3-12-14(8-11)24-16(18-12)19-15(22)13-9-23-10-17-13/h2-3,8-10H,4-7H2,1H3,(H,18,19,22). The minimum Gasteiger partial charge on any atom is -0.369 e. The highest BCUT2D eigenvalue weighted by Gasteiger charge is 2.16. The Morgan fingerprint density at radius 2 is 2.08 bits per heavy atom. The summed E-state index contributed by atoms with van der Waals surface area (Å²) in [4.78, 5) is 25.3. The third-order valence-corrected chi connectivity index (χ3v) is 5.65. The number of fused-ring (bicyclic) bond motifs is 1. The number of likely N-dealkylation sites (N-methyl/N-ethyl adjacent to an activating group) is 1. The molecular formula is C16H17N5OS2. The van der Waals surface area contributed by atoms with E-state index in [9.17, 15) is 4.79 Å². The van der Waals surface area contributed by atoms with E-state index in [0.717, 1.165) is 36.4 Å². The molecule has 0 atom stereocenters. The summed E-state index contributed by atoms with van der Waals surface area (Å²) in [5.74, 6) is -0.213. The van der Waals surface area contributed by atoms with Crippen LogP contribution in [0.4, 0.5) is 10.8 Å². The van der Waals surface area contributed by atoms with Crippen molar-refractivity contribution in [2.24, 2.45) is 0 Å². The Balaban J connectivity index is 1.54. The van der Waals surface area contributed by atoms with Crippen molar-refractivity contribution in [2.75, 3.05) is 43.4 Å². The lowest BCUT2D eigenvalue weighted by molar-refractivity contribution is 0.102. The van der Waals surface area contributed by atoms with Crippen molar-refractivity contribution in [2.45, 2.75) is 0 Å². The van der Waals surface area contributed by atoms with Crippen LogP contribution >= 0.6 is 22.7 Å². The van der Waals surface area contributed by atoms with Gasteiger partial charge in [0.15, 0.2) is 5.13 Å². The van der Waals surface area contributed by atoms with Gasteiger partial charge in [-0.3, -0.25) is 10.1 Å². The first-order valence-electron chi connectivity index (χ1n) is 7.73. The molecule has 1 fully saturated rings. The number of nitrogens with zero attached hydrogens (tertiary/aromatic N) is 4. The second kappa shape index (κ2) is 6.46. The van der Waals surface area contributed by atoms with Gasteiger partial charge in [-0.1, -0.05) is 11.3 Å². The van der Waals surface area contributed by atoms with Crippen LogP contribution in [0.2, 0.25) is 0 Å². The number of hydrogen-bond acceptors (Lipinski definition) is 7. The molecule has 24 heavy (non-hydrogen) atoms. The average molecular weight is 359 g/mol. The first kappa shape index (κ1) is 15.5. The maximum absolute atomic E-state index is 12.1. The zero-order chi connectivity index (χ0) is 16.5. The van der Waals surface area contributed by atoms with Crippen LogP contribution in [0.5, 0.6) is 0 Å². The number of benzene rings is 1. The molecule has 3 heterocycles. The van der Waals surface area contributed by atoms with Gasteiger partial charge in [-0.15, -0.1) is 11.3 Å². The van der Waals surface area contributed by atoms with Gasteiger partial charge in [-0.05, 0) is 25.2 Å². The van der Waals surface area contributed by atoms with E-state index in [-0.39, 0.29) is 5.91 Å². The summed E-state index contributed by atoms with van der Waals surface area (Å²) in [5, 5.41) is 5.17. The zero-order valence-corrected chi connectivity index (χ0v) is 14.9. The normalized spacial score (nSPS) is 15.8. The molecule has 3 aromatic rings. The van der Waals surface area contributed by atoms with Crippen molar-refractivity contribution < 1.29 is 4.79 Å². The number of rotatable bonds is 3. The van der Waals surface area contributed by atoms with Crippen LogP contribution in [0, 0.1) is 0 Å². The summed E-state index contributed by atoms with van der Waals surface area (Å²) >= 11 is 2.90. The molecule has 1 aliphatic heterocycles. The Morgan fingerprint density at radius 3 is 2.83 bits per heavy atom. The summed E-state index contributed by atoms with van der Waals surface area (Å²) < 4.78 is 1.08. The molecule has 6 nitrogen and oxygen atoms in total. The molecule has 1 aromatic carbocycles. The molecular weight excluding hydrogens is 342 g/mol. The fourth-order valence-electron chi connectivity index (χ4n) is 2.71. The van der Waals surface area contributed by atoms with Crippen LogP contribution in [-0.2, 0) is 0 Å². The van der Waals surface area contributed by atoms with Gasteiger partial charge in [0, 0.05) is 37.2 Å². The van der Waals surface area contributed by atoms with Crippen LogP contribution in [0.25, 0.3) is 10.2 Å². The summed E-state index contributed by atoms with van der Waals surface area (Å²) in [6.07, 6.45) is 0. The molecule has 1 aliphatic rings. The summed E-state index contributed by atoms with van der Waals surface area (Å²) in [6, 6.07) is 6.30. The Labute approximate surface area is 147 Å². The predicted octanol–water partition coefficient (Wildman–Crippen LogP) is 2.76. The van der Waals surface area contributed by atoms with E-state index in [1.165, 1.54) is 28.4 Å². The van der Waals surface area contributed by atoms with Crippen molar-refractivity contribution in [3.63, 3.8) is 0 Å². The van der Waals surface area contributed by atoms with E-state index in [1.807, 2.05) is 6.07 Å². The molecule has 0 bridgehead atoms. The monoisotopic (exact) mass is 359 g/mol. The van der Waals surface area contributed by atoms with Crippen LogP contribution in [0.15, 0.2) is 29.1 Å². The van der Waals surface area contributed by atoms with Crippen molar-refractivity contribution in [3.05, 3.63) is 34.8 Å². The van der Waals surface area contributed by atoms with Crippen LogP contribution in [0.1, 0.15) is 10.5 Å². The minimum absolute atomic E-state index is 0.213. The van der Waals surface area contributed by atoms with Crippen molar-refractivity contribution >= 4 is 49.6 Å². The van der Waals surface area contributed by atoms with Crippen molar-refractivity contribution in [3.8, 4) is 0 Å². The number of nitrogens with one attached hydrogen (secondary N) is 1. The van der Waals surface area contributed by atoms with E-state index in [4.69, 9.17) is 0 Å². The third kappa shape index (κ3) is 3.12. The maximum atomic E-state index is 12.1. The number of piperazine rings is 1. The van der Waals surface area contributed by atoms with Gasteiger partial charge in [-0.25, -0.2) is 9.97 Å². The number of aromatic nitrogens is 2. The fourth-order valence-corrected chi connectivity index (χ4v) is 4.14. The molecule has 0 spiro atoms. The second-order valence-electron chi connectivity index (χ2n) is 5.79. The molecule has 0 unspecified atom stereocenters. The molecule has 4 rings (SSSR count). The van der Waals surface area contributed by atoms with Gasteiger partial charge in [-0.2, -0.15) is 0 Å². The van der Waals surface area contributed by atoms with E-state index in [1.54, 1.807) is 10.9 Å². The Bertz CT molecular complexity index is 853. The highest BCUT2D eigenvalue weighted by molar-refractivity contribution is 7.22. The lowest BCUT2D eigenvalue weighted by atomic mass is 10.2. The lowest BCUT2D eigenvalue weighted by Crippen LogP contribution is -2.44. The molecule has 1 amide bonds. The molecule has 1 saturated heterocycles. The first-order valence-corrected chi connectivity index (χ1v) is 9.48. The van der Waals surface area contributed by atoms with Gasteiger partial charge in [0.05, 0.1) is 15.7 Å². The zero-order valence-electron chi connectivity index (χ0n) is 13.2. The third-order valence-electron chi connectivity index (χ3n) is 4.13. The lowest BCUT2D eigenvalue weighted by Gasteiger charge is -2.34. The van der Waals surface area contributed by atoms with E-state index < -0.39 is 0 Å². The number of amides is 1. The Kier molecular flexibility index (Phi) is 4.17. The number of carbonyl (C=O) groups excluding carboxylic acids is 1. The van der Waals surface area contributed by atoms with Gasteiger partial charge >= 0.3 is 0 Å². The SMILES string of the molecule is CN1CCN(c2ccc3nc(NC(=O)c4cscn4)sc3c2)CC1. The molecule has 0 radical (unpaired) electrons. The van der Waals surface area contributed by atoms with Crippen LogP contribution in [0.3, 0.4) is 0 Å². The Hall–Kier alpha value is -2.03. The molecule has 2 aromatic heterocycles. The minimum atomic E-state index is -0.213. The summed E-state index contributed by atoms with van der Waals surface area (Å²) in [7, 11) is 2.15. The highest BCUT2D eigenvalue weighted by Crippen LogP contribution is 2.30. The smallest absolute Gasteiger partial charge is 0.276 e. The summed E-state index contributed by atoms with van der Waals surface area (Å²) in [6.45, 7) is 4.23. The summed E-state index contributed by atoms with van der Waals surface area (Å²) in [5.41, 5.74) is 4.20. The van der Waals surface area contributed by atoms with Crippen LogP contribution in [-0.4, -0.2) is 54.0 Å². The molecule has 124 valence electrons. The largest absolute Gasteiger partial charge is 0.369 e. The quantitative estimate of drug-likeness (QED) is 0.779. The van der Waals surface area contributed by atoms with Gasteiger partial charge in [0.1, 0.15) is 5.69 Å². The average Bonchev–Trinajstić information content (AvgIpc) is 3.24. The van der Waals surface area contributed by atoms with Gasteiger partial charge in [0.2, 0.25) is 0 Å². The number of hydrogen-bond donors (Lipinski definition) is 1. The second-order valence-corrected chi connectivity index (χ2v) is 7.54. The highest BCUT2D eigenvalue weighted by atomic mass is 32.1. The van der Waals surface area contributed by atoms with Crippen LogP contribution < -0.4 is 10.2 Å². The maximum Gasteiger partial charge on any atom is 0.276 e.